The van der Waals surface area contributed by atoms with Crippen LogP contribution in [-0.4, -0.2) is 21.4 Å². The van der Waals surface area contributed by atoms with Gasteiger partial charge in [-0.1, -0.05) is 42.5 Å². The molecule has 0 spiro atoms. The second-order valence-electron chi connectivity index (χ2n) is 6.23. The van der Waals surface area contributed by atoms with Gasteiger partial charge in [-0.15, -0.1) is 0 Å². The molecule has 1 unspecified atom stereocenters. The Balaban J connectivity index is 1.81. The molecule has 2 amide bonds. The molecule has 0 bridgehead atoms. The third-order valence-corrected chi connectivity index (χ3v) is 4.13. The number of imidazole rings is 1. The lowest BCUT2D eigenvalue weighted by atomic mass is 10.2. The highest BCUT2D eigenvalue weighted by Crippen LogP contribution is 2.20. The van der Waals surface area contributed by atoms with Crippen molar-refractivity contribution >= 4 is 22.8 Å². The molecule has 6 heteroatoms. The zero-order valence-electron chi connectivity index (χ0n) is 14.9. The average molecular weight is 350 g/mol. The van der Waals surface area contributed by atoms with Crippen LogP contribution in [0.25, 0.3) is 11.0 Å². The average Bonchev–Trinajstić information content (AvgIpc) is 2.99. The third kappa shape index (κ3) is 4.08. The van der Waals surface area contributed by atoms with Crippen LogP contribution in [0, 0.1) is 0 Å². The fourth-order valence-electron chi connectivity index (χ4n) is 2.96. The molecule has 0 aliphatic carbocycles. The molecule has 0 saturated carbocycles. The van der Waals surface area contributed by atoms with Gasteiger partial charge < -0.3 is 15.2 Å². The Morgan fingerprint density at radius 3 is 2.50 bits per heavy atom. The quantitative estimate of drug-likeness (QED) is 0.717. The van der Waals surface area contributed by atoms with Crippen molar-refractivity contribution in [2.45, 2.75) is 33.0 Å². The summed E-state index contributed by atoms with van der Waals surface area (Å²) in [5.41, 5.74) is 2.72. The first-order valence-corrected chi connectivity index (χ1v) is 8.57. The summed E-state index contributed by atoms with van der Waals surface area (Å²) in [6.07, 6.45) is 0. The van der Waals surface area contributed by atoms with Crippen LogP contribution in [0.4, 0.5) is 0 Å². The summed E-state index contributed by atoms with van der Waals surface area (Å²) in [5.74, 6) is 0.425. The first-order valence-electron chi connectivity index (χ1n) is 8.57. The van der Waals surface area contributed by atoms with Gasteiger partial charge in [0.05, 0.1) is 17.1 Å². The smallest absolute Gasteiger partial charge is 0.240 e. The molecular weight excluding hydrogens is 328 g/mol. The number of hydrogen-bond acceptors (Lipinski definition) is 3. The SMILES string of the molecule is CC(=O)NC(C)c1nc2ccccc2n1CC(=O)NCc1ccccc1. The van der Waals surface area contributed by atoms with Crippen molar-refractivity contribution in [2.24, 2.45) is 0 Å². The van der Waals surface area contributed by atoms with E-state index in [0.717, 1.165) is 16.6 Å². The van der Waals surface area contributed by atoms with E-state index >= 15 is 0 Å². The van der Waals surface area contributed by atoms with E-state index in [1.807, 2.05) is 66.1 Å². The minimum absolute atomic E-state index is 0.103. The van der Waals surface area contributed by atoms with Crippen LogP contribution in [0.15, 0.2) is 54.6 Å². The molecule has 1 atom stereocenters. The first kappa shape index (κ1) is 17.7. The van der Waals surface area contributed by atoms with E-state index in [0.29, 0.717) is 12.4 Å². The molecule has 26 heavy (non-hydrogen) atoms. The molecule has 0 radical (unpaired) electrons. The van der Waals surface area contributed by atoms with Crippen LogP contribution in [0.3, 0.4) is 0 Å². The van der Waals surface area contributed by atoms with Gasteiger partial charge >= 0.3 is 0 Å². The topological polar surface area (TPSA) is 76.0 Å². The molecule has 0 fully saturated rings. The van der Waals surface area contributed by atoms with Gasteiger partial charge in [0.2, 0.25) is 11.8 Å². The van der Waals surface area contributed by atoms with E-state index in [1.54, 1.807) is 0 Å². The zero-order valence-corrected chi connectivity index (χ0v) is 14.9. The number of carbonyl (C=O) groups excluding carboxylic acids is 2. The van der Waals surface area contributed by atoms with Crippen LogP contribution in [0.5, 0.6) is 0 Å². The summed E-state index contributed by atoms with van der Waals surface area (Å²) in [6, 6.07) is 17.1. The van der Waals surface area contributed by atoms with Crippen molar-refractivity contribution in [1.29, 1.82) is 0 Å². The number of para-hydroxylation sites is 2. The molecule has 0 aliphatic heterocycles. The Kier molecular flexibility index (Phi) is 5.31. The van der Waals surface area contributed by atoms with Gasteiger partial charge in [-0.2, -0.15) is 0 Å². The Morgan fingerprint density at radius 1 is 1.08 bits per heavy atom. The predicted octanol–water partition coefficient (Wildman–Crippen LogP) is 2.55. The molecule has 134 valence electrons. The van der Waals surface area contributed by atoms with Gasteiger partial charge in [0, 0.05) is 13.5 Å². The zero-order chi connectivity index (χ0) is 18.5. The highest BCUT2D eigenvalue weighted by Gasteiger charge is 2.18. The predicted molar refractivity (Wildman–Crippen MR) is 100 cm³/mol. The lowest BCUT2D eigenvalue weighted by Gasteiger charge is -2.15. The number of benzene rings is 2. The van der Waals surface area contributed by atoms with Gasteiger partial charge in [-0.05, 0) is 24.6 Å². The Morgan fingerprint density at radius 2 is 1.77 bits per heavy atom. The van der Waals surface area contributed by atoms with Crippen LogP contribution < -0.4 is 10.6 Å². The van der Waals surface area contributed by atoms with Crippen molar-refractivity contribution in [1.82, 2.24) is 20.2 Å². The van der Waals surface area contributed by atoms with Gasteiger partial charge in [0.15, 0.2) is 0 Å². The molecule has 0 aliphatic rings. The first-order chi connectivity index (χ1) is 12.5. The fraction of sp³-hybridized carbons (Fsp3) is 0.250. The molecule has 3 aromatic rings. The number of rotatable bonds is 6. The van der Waals surface area contributed by atoms with E-state index in [9.17, 15) is 9.59 Å². The molecule has 2 N–H and O–H groups in total. The van der Waals surface area contributed by atoms with E-state index in [1.165, 1.54) is 6.92 Å². The molecule has 1 aromatic heterocycles. The largest absolute Gasteiger partial charge is 0.350 e. The lowest BCUT2D eigenvalue weighted by molar-refractivity contribution is -0.121. The minimum Gasteiger partial charge on any atom is -0.350 e. The molecule has 6 nitrogen and oxygen atoms in total. The van der Waals surface area contributed by atoms with Crippen LogP contribution in [0.2, 0.25) is 0 Å². The normalized spacial score (nSPS) is 11.9. The fourth-order valence-corrected chi connectivity index (χ4v) is 2.96. The van der Waals surface area contributed by atoms with Crippen LogP contribution >= 0.6 is 0 Å². The number of amides is 2. The van der Waals surface area contributed by atoms with E-state index < -0.39 is 0 Å². The number of nitrogens with zero attached hydrogens (tertiary/aromatic N) is 2. The van der Waals surface area contributed by atoms with Crippen LogP contribution in [0.1, 0.15) is 31.3 Å². The Labute approximate surface area is 152 Å². The maximum atomic E-state index is 12.5. The van der Waals surface area contributed by atoms with Gasteiger partial charge in [0.25, 0.3) is 0 Å². The number of fused-ring (bicyclic) bond motifs is 1. The highest BCUT2D eigenvalue weighted by molar-refractivity contribution is 5.81. The number of hydrogen-bond donors (Lipinski definition) is 2. The molecule has 0 saturated heterocycles. The van der Waals surface area contributed by atoms with E-state index in [4.69, 9.17) is 0 Å². The summed E-state index contributed by atoms with van der Waals surface area (Å²) in [7, 11) is 0. The summed E-state index contributed by atoms with van der Waals surface area (Å²) >= 11 is 0. The van der Waals surface area contributed by atoms with Crippen molar-refractivity contribution < 1.29 is 9.59 Å². The summed E-state index contributed by atoms with van der Waals surface area (Å²) in [6.45, 7) is 3.95. The second kappa shape index (κ2) is 7.82. The highest BCUT2D eigenvalue weighted by atomic mass is 16.2. The third-order valence-electron chi connectivity index (χ3n) is 4.13. The van der Waals surface area contributed by atoms with Gasteiger partial charge in [-0.3, -0.25) is 9.59 Å². The molecular formula is C20H22N4O2. The van der Waals surface area contributed by atoms with Crippen molar-refractivity contribution in [3.8, 4) is 0 Å². The Bertz CT molecular complexity index is 918. The second-order valence-corrected chi connectivity index (χ2v) is 6.23. The van der Waals surface area contributed by atoms with Crippen molar-refractivity contribution in [2.75, 3.05) is 0 Å². The van der Waals surface area contributed by atoms with E-state index in [2.05, 4.69) is 15.6 Å². The Hall–Kier alpha value is -3.15. The van der Waals surface area contributed by atoms with E-state index in [-0.39, 0.29) is 24.4 Å². The number of carbonyl (C=O) groups is 2. The maximum absolute atomic E-state index is 12.5. The molecule has 1 heterocycles. The van der Waals surface area contributed by atoms with Crippen molar-refractivity contribution in [3.63, 3.8) is 0 Å². The molecule has 2 aromatic carbocycles. The number of nitrogens with one attached hydrogen (secondary N) is 2. The summed E-state index contributed by atoms with van der Waals surface area (Å²) in [5, 5.41) is 5.77. The van der Waals surface area contributed by atoms with Crippen molar-refractivity contribution in [3.05, 3.63) is 66.0 Å². The van der Waals surface area contributed by atoms with Gasteiger partial charge in [-0.25, -0.2) is 4.98 Å². The standard InChI is InChI=1S/C20H22N4O2/c1-14(22-15(2)25)20-23-17-10-6-7-11-18(17)24(20)13-19(26)21-12-16-8-4-3-5-9-16/h3-11,14H,12-13H2,1-2H3,(H,21,26)(H,22,25). The maximum Gasteiger partial charge on any atom is 0.240 e. The monoisotopic (exact) mass is 350 g/mol. The lowest BCUT2D eigenvalue weighted by Crippen LogP contribution is -2.30. The summed E-state index contributed by atoms with van der Waals surface area (Å²) in [4.78, 5) is 28.5. The minimum atomic E-state index is -0.290. The van der Waals surface area contributed by atoms with Crippen LogP contribution in [-0.2, 0) is 22.7 Å². The molecule has 3 rings (SSSR count). The summed E-state index contributed by atoms with van der Waals surface area (Å²) < 4.78 is 1.86. The number of aromatic nitrogens is 2. The van der Waals surface area contributed by atoms with Gasteiger partial charge in [0.1, 0.15) is 12.4 Å².